The Bertz CT molecular complexity index is 943. The van der Waals surface area contributed by atoms with E-state index in [9.17, 15) is 26.4 Å². The second-order valence-corrected chi connectivity index (χ2v) is 8.60. The number of nitrogens with two attached hydrogens (primary N) is 1. The lowest BCUT2D eigenvalue weighted by atomic mass is 10.1. The van der Waals surface area contributed by atoms with Gasteiger partial charge in [-0.2, -0.15) is 0 Å². The van der Waals surface area contributed by atoms with Crippen molar-refractivity contribution < 1.29 is 35.9 Å². The molecule has 0 saturated heterocycles. The van der Waals surface area contributed by atoms with E-state index in [2.05, 4.69) is 4.74 Å². The fourth-order valence-corrected chi connectivity index (χ4v) is 3.88. The van der Waals surface area contributed by atoms with Crippen molar-refractivity contribution in [3.63, 3.8) is 0 Å². The Kier molecular flexibility index (Phi) is 7.12. The molecule has 0 heterocycles. The van der Waals surface area contributed by atoms with E-state index in [1.807, 2.05) is 0 Å². The second kappa shape index (κ2) is 9.17. The Morgan fingerprint density at radius 3 is 2.31 bits per heavy atom. The number of hydrogen-bond donors (Lipinski definition) is 1. The summed E-state index contributed by atoms with van der Waals surface area (Å²) >= 11 is 0. The molecule has 29 heavy (non-hydrogen) atoms. The average molecular weight is 431 g/mol. The van der Waals surface area contributed by atoms with Gasteiger partial charge in [0.1, 0.15) is 18.1 Å². The minimum Gasteiger partial charge on any atom is -0.489 e. The summed E-state index contributed by atoms with van der Waals surface area (Å²) in [5.74, 6) is -0.534. The molecule has 6 nitrogen and oxygen atoms in total. The van der Waals surface area contributed by atoms with Crippen LogP contribution in [0, 0.1) is 0 Å². The Morgan fingerprint density at radius 1 is 1.10 bits per heavy atom. The minimum absolute atomic E-state index is 0.00835. The van der Waals surface area contributed by atoms with Crippen molar-refractivity contribution in [2.75, 3.05) is 6.26 Å². The third kappa shape index (κ3) is 7.65. The number of amides is 1. The Labute approximate surface area is 166 Å². The first kappa shape index (κ1) is 22.5. The highest BCUT2D eigenvalue weighted by Crippen LogP contribution is 2.29. The summed E-state index contributed by atoms with van der Waals surface area (Å²) in [6.07, 6.45) is -3.69. The van der Waals surface area contributed by atoms with E-state index in [1.54, 1.807) is 30.3 Å². The number of halogens is 3. The van der Waals surface area contributed by atoms with Gasteiger partial charge in [0.25, 0.3) is 0 Å². The summed E-state index contributed by atoms with van der Waals surface area (Å²) in [5, 5.41) is -0.875. The normalized spacial score (nSPS) is 13.0. The standard InChI is InChI=1S/C19H20F3NO5S/c1-29(25,26)17(9-10-18(23)24)14-5-7-15(8-6-14)27-12-13-3-2-4-16(11-13)28-19(20,21)22/h2-8,11,17H,9-10,12H2,1H3,(H2,23,24). The molecule has 158 valence electrons. The van der Waals surface area contributed by atoms with Crippen LogP contribution in [-0.4, -0.2) is 26.9 Å². The number of hydrogen-bond acceptors (Lipinski definition) is 5. The highest BCUT2D eigenvalue weighted by molar-refractivity contribution is 7.90. The van der Waals surface area contributed by atoms with Gasteiger partial charge in [0, 0.05) is 12.7 Å². The maximum atomic E-state index is 12.3. The van der Waals surface area contributed by atoms with Gasteiger partial charge >= 0.3 is 6.36 Å². The molecule has 1 atom stereocenters. The number of primary amides is 1. The number of benzene rings is 2. The SMILES string of the molecule is CS(=O)(=O)C(CCC(N)=O)c1ccc(OCc2cccc(OC(F)(F)F)c2)cc1. The average Bonchev–Trinajstić information content (AvgIpc) is 2.58. The minimum atomic E-state index is -4.78. The van der Waals surface area contributed by atoms with Crippen LogP contribution >= 0.6 is 0 Å². The van der Waals surface area contributed by atoms with Crippen LogP contribution in [0.2, 0.25) is 0 Å². The van der Waals surface area contributed by atoms with Gasteiger partial charge in [0.2, 0.25) is 5.91 Å². The first-order chi connectivity index (χ1) is 13.4. The van der Waals surface area contributed by atoms with Crippen LogP contribution in [0.1, 0.15) is 29.2 Å². The Hall–Kier alpha value is -2.75. The summed E-state index contributed by atoms with van der Waals surface area (Å²) in [6, 6.07) is 11.6. The number of carbonyl (C=O) groups excluding carboxylic acids is 1. The molecule has 0 aliphatic carbocycles. The highest BCUT2D eigenvalue weighted by atomic mass is 32.2. The van der Waals surface area contributed by atoms with Crippen LogP contribution in [-0.2, 0) is 21.2 Å². The van der Waals surface area contributed by atoms with Crippen LogP contribution in [0.4, 0.5) is 13.2 Å². The number of carbonyl (C=O) groups is 1. The molecule has 10 heteroatoms. The van der Waals surface area contributed by atoms with Gasteiger partial charge in [-0.25, -0.2) is 8.42 Å². The van der Waals surface area contributed by atoms with Crippen molar-refractivity contribution in [2.45, 2.75) is 31.1 Å². The molecule has 0 aliphatic heterocycles. The van der Waals surface area contributed by atoms with Crippen LogP contribution in [0.3, 0.4) is 0 Å². The van der Waals surface area contributed by atoms with Gasteiger partial charge in [-0.1, -0.05) is 24.3 Å². The van der Waals surface area contributed by atoms with Crippen molar-refractivity contribution in [3.8, 4) is 11.5 Å². The van der Waals surface area contributed by atoms with Gasteiger partial charge in [0.05, 0.1) is 5.25 Å². The third-order valence-corrected chi connectivity index (χ3v) is 5.50. The largest absolute Gasteiger partial charge is 0.573 e. The van der Waals surface area contributed by atoms with E-state index in [1.165, 1.54) is 18.2 Å². The Morgan fingerprint density at radius 2 is 1.76 bits per heavy atom. The molecule has 0 fully saturated rings. The summed E-state index contributed by atoms with van der Waals surface area (Å²) in [4.78, 5) is 11.0. The lowest BCUT2D eigenvalue weighted by Crippen LogP contribution is -2.17. The highest BCUT2D eigenvalue weighted by Gasteiger charge is 2.31. The molecule has 1 unspecified atom stereocenters. The maximum absolute atomic E-state index is 12.3. The third-order valence-electron chi connectivity index (χ3n) is 3.96. The van der Waals surface area contributed by atoms with Crippen molar-refractivity contribution in [1.82, 2.24) is 0 Å². The molecule has 0 aromatic heterocycles. The Balaban J connectivity index is 2.05. The number of alkyl halides is 3. The monoisotopic (exact) mass is 431 g/mol. The first-order valence-corrected chi connectivity index (χ1v) is 10.4. The van der Waals surface area contributed by atoms with E-state index in [0.29, 0.717) is 16.9 Å². The van der Waals surface area contributed by atoms with Crippen LogP contribution in [0.5, 0.6) is 11.5 Å². The molecular formula is C19H20F3NO5S. The molecule has 0 aliphatic rings. The molecular weight excluding hydrogens is 411 g/mol. The fourth-order valence-electron chi connectivity index (χ4n) is 2.68. The molecule has 2 N–H and O–H groups in total. The summed E-state index contributed by atoms with van der Waals surface area (Å²) in [6.45, 7) is -0.00835. The quantitative estimate of drug-likeness (QED) is 0.656. The van der Waals surface area contributed by atoms with E-state index < -0.39 is 27.4 Å². The molecule has 2 rings (SSSR count). The zero-order valence-electron chi connectivity index (χ0n) is 15.5. The van der Waals surface area contributed by atoms with Crippen molar-refractivity contribution >= 4 is 15.7 Å². The number of rotatable bonds is 9. The van der Waals surface area contributed by atoms with Gasteiger partial charge in [-0.15, -0.1) is 13.2 Å². The predicted molar refractivity (Wildman–Crippen MR) is 99.9 cm³/mol. The van der Waals surface area contributed by atoms with E-state index >= 15 is 0 Å². The smallest absolute Gasteiger partial charge is 0.489 e. The molecule has 2 aromatic carbocycles. The van der Waals surface area contributed by atoms with Crippen molar-refractivity contribution in [3.05, 3.63) is 59.7 Å². The van der Waals surface area contributed by atoms with Crippen LogP contribution < -0.4 is 15.2 Å². The van der Waals surface area contributed by atoms with Crippen LogP contribution in [0.15, 0.2) is 48.5 Å². The topological polar surface area (TPSA) is 95.7 Å². The molecule has 0 spiro atoms. The molecule has 0 saturated carbocycles. The number of ether oxygens (including phenoxy) is 2. The van der Waals surface area contributed by atoms with Crippen LogP contribution in [0.25, 0.3) is 0 Å². The lowest BCUT2D eigenvalue weighted by molar-refractivity contribution is -0.274. The predicted octanol–water partition coefficient (Wildman–Crippen LogP) is 3.52. The summed E-state index contributed by atoms with van der Waals surface area (Å²) in [5.41, 5.74) is 6.05. The van der Waals surface area contributed by atoms with Gasteiger partial charge in [0.15, 0.2) is 9.84 Å². The van der Waals surface area contributed by atoms with E-state index in [0.717, 1.165) is 6.26 Å². The van der Waals surface area contributed by atoms with Crippen molar-refractivity contribution in [2.24, 2.45) is 5.73 Å². The first-order valence-electron chi connectivity index (χ1n) is 8.48. The summed E-state index contributed by atoms with van der Waals surface area (Å²) < 4.78 is 70.3. The van der Waals surface area contributed by atoms with Gasteiger partial charge in [-0.05, 0) is 41.8 Å². The van der Waals surface area contributed by atoms with E-state index in [-0.39, 0.29) is 25.2 Å². The van der Waals surface area contributed by atoms with Gasteiger partial charge < -0.3 is 15.2 Å². The second-order valence-electron chi connectivity index (χ2n) is 6.38. The fraction of sp³-hybridized carbons (Fsp3) is 0.316. The van der Waals surface area contributed by atoms with Crippen molar-refractivity contribution in [1.29, 1.82) is 0 Å². The number of sulfone groups is 1. The van der Waals surface area contributed by atoms with E-state index in [4.69, 9.17) is 10.5 Å². The molecule has 0 bridgehead atoms. The molecule has 0 radical (unpaired) electrons. The van der Waals surface area contributed by atoms with Gasteiger partial charge in [-0.3, -0.25) is 4.79 Å². The molecule has 1 amide bonds. The zero-order valence-corrected chi connectivity index (χ0v) is 16.3. The zero-order chi connectivity index (χ0) is 21.7. The lowest BCUT2D eigenvalue weighted by Gasteiger charge is -2.15. The summed E-state index contributed by atoms with van der Waals surface area (Å²) in [7, 11) is -3.46. The molecule has 2 aromatic rings. The maximum Gasteiger partial charge on any atom is 0.573 e.